The van der Waals surface area contributed by atoms with Crippen molar-refractivity contribution < 1.29 is 33.4 Å². The third kappa shape index (κ3) is 4.51. The number of aryl methyl sites for hydroxylation is 1. The zero-order valence-corrected chi connectivity index (χ0v) is 17.2. The molecule has 0 atom stereocenters. The molecule has 2 aromatic rings. The standard InChI is InChI=1S/C21H22N2O7/c1-11-20(14(4)24)13(3)22-21(11)16(25)8-27-19(26)9-30-23-12(2)15-5-6-17-18(7-15)29-10-28-17/h5-7,22H,8-10H2,1-4H3/b23-12-. The second kappa shape index (κ2) is 8.81. The number of carbonyl (C=O) groups excluding carboxylic acids is 3. The molecular formula is C21H22N2O7. The fraction of sp³-hybridized carbons (Fsp3) is 0.333. The lowest BCUT2D eigenvalue weighted by Gasteiger charge is -2.05. The van der Waals surface area contributed by atoms with E-state index in [0.29, 0.717) is 34.0 Å². The highest BCUT2D eigenvalue weighted by molar-refractivity contribution is 6.04. The van der Waals surface area contributed by atoms with Crippen LogP contribution in [0.1, 0.15) is 51.5 Å². The molecule has 0 bridgehead atoms. The van der Waals surface area contributed by atoms with Gasteiger partial charge < -0.3 is 24.0 Å². The Labute approximate surface area is 172 Å². The summed E-state index contributed by atoms with van der Waals surface area (Å²) in [5, 5.41) is 3.88. The lowest BCUT2D eigenvalue weighted by atomic mass is 10.1. The Morgan fingerprint density at radius 3 is 2.53 bits per heavy atom. The molecule has 0 spiro atoms. The Balaban J connectivity index is 1.50. The number of hydrogen-bond acceptors (Lipinski definition) is 8. The normalized spacial score (nSPS) is 12.6. The second-order valence-electron chi connectivity index (χ2n) is 6.78. The van der Waals surface area contributed by atoms with Gasteiger partial charge in [-0.3, -0.25) is 9.59 Å². The average Bonchev–Trinajstić information content (AvgIpc) is 3.29. The van der Waals surface area contributed by atoms with Crippen LogP contribution < -0.4 is 9.47 Å². The molecule has 1 aliphatic rings. The molecule has 1 aromatic carbocycles. The number of nitrogens with zero attached hydrogens (tertiary/aromatic N) is 1. The van der Waals surface area contributed by atoms with E-state index >= 15 is 0 Å². The van der Waals surface area contributed by atoms with Crippen LogP contribution in [0.4, 0.5) is 0 Å². The van der Waals surface area contributed by atoms with Crippen LogP contribution in [0.2, 0.25) is 0 Å². The predicted molar refractivity (Wildman–Crippen MR) is 106 cm³/mol. The highest BCUT2D eigenvalue weighted by Crippen LogP contribution is 2.32. The number of fused-ring (bicyclic) bond motifs is 1. The molecule has 3 rings (SSSR count). The van der Waals surface area contributed by atoms with E-state index in [-0.39, 0.29) is 18.3 Å². The molecule has 0 saturated carbocycles. The minimum Gasteiger partial charge on any atom is -0.455 e. The monoisotopic (exact) mass is 414 g/mol. The molecule has 1 aliphatic heterocycles. The minimum absolute atomic E-state index is 0.138. The summed E-state index contributed by atoms with van der Waals surface area (Å²) in [7, 11) is 0. The number of aromatic nitrogens is 1. The number of aromatic amines is 1. The van der Waals surface area contributed by atoms with Crippen molar-refractivity contribution >= 4 is 23.2 Å². The number of carbonyl (C=O) groups is 3. The lowest BCUT2D eigenvalue weighted by molar-refractivity contribution is -0.147. The molecular weight excluding hydrogens is 392 g/mol. The Bertz CT molecular complexity index is 1040. The first kappa shape index (κ1) is 21.1. The number of hydrogen-bond donors (Lipinski definition) is 1. The zero-order chi connectivity index (χ0) is 21.8. The van der Waals surface area contributed by atoms with Crippen LogP contribution in [0, 0.1) is 13.8 Å². The third-order valence-electron chi connectivity index (χ3n) is 4.61. The van der Waals surface area contributed by atoms with E-state index in [4.69, 9.17) is 19.0 Å². The second-order valence-corrected chi connectivity index (χ2v) is 6.78. The number of oxime groups is 1. The van der Waals surface area contributed by atoms with Crippen LogP contribution in [0.5, 0.6) is 11.5 Å². The SMILES string of the molecule is CC(=O)c1c(C)[nH]c(C(=O)COC(=O)CO/N=C(/C)c2ccc3c(c2)OCO3)c1C. The largest absolute Gasteiger partial charge is 0.455 e. The van der Waals surface area contributed by atoms with Crippen molar-refractivity contribution in [3.05, 3.63) is 46.3 Å². The van der Waals surface area contributed by atoms with Crippen molar-refractivity contribution in [2.75, 3.05) is 20.0 Å². The van der Waals surface area contributed by atoms with Gasteiger partial charge in [0.05, 0.1) is 11.4 Å². The van der Waals surface area contributed by atoms with Crippen LogP contribution in [-0.2, 0) is 14.4 Å². The number of benzene rings is 1. The van der Waals surface area contributed by atoms with Crippen LogP contribution >= 0.6 is 0 Å². The van der Waals surface area contributed by atoms with E-state index in [1.54, 1.807) is 39.0 Å². The predicted octanol–water partition coefficient (Wildman–Crippen LogP) is 2.73. The number of H-pyrrole nitrogens is 1. The molecule has 1 N–H and O–H groups in total. The first-order chi connectivity index (χ1) is 14.3. The van der Waals surface area contributed by atoms with Gasteiger partial charge in [-0.15, -0.1) is 0 Å². The summed E-state index contributed by atoms with van der Waals surface area (Å²) < 4.78 is 15.5. The van der Waals surface area contributed by atoms with E-state index in [1.807, 2.05) is 0 Å². The smallest absolute Gasteiger partial charge is 0.347 e. The summed E-state index contributed by atoms with van der Waals surface area (Å²) in [6.07, 6.45) is 0. The molecule has 2 heterocycles. The van der Waals surface area contributed by atoms with E-state index < -0.39 is 25.0 Å². The number of rotatable bonds is 8. The van der Waals surface area contributed by atoms with Crippen molar-refractivity contribution in [2.45, 2.75) is 27.7 Å². The fourth-order valence-corrected chi connectivity index (χ4v) is 3.17. The Hall–Kier alpha value is -3.62. The van der Waals surface area contributed by atoms with E-state index in [2.05, 4.69) is 10.1 Å². The Morgan fingerprint density at radius 2 is 1.83 bits per heavy atom. The van der Waals surface area contributed by atoms with Crippen molar-refractivity contribution in [3.8, 4) is 11.5 Å². The van der Waals surface area contributed by atoms with Gasteiger partial charge in [0.1, 0.15) is 0 Å². The maximum absolute atomic E-state index is 12.3. The number of nitrogens with one attached hydrogen (secondary N) is 1. The topological polar surface area (TPSA) is 116 Å². The van der Waals surface area contributed by atoms with Gasteiger partial charge in [-0.05, 0) is 51.5 Å². The molecule has 0 amide bonds. The molecule has 158 valence electrons. The van der Waals surface area contributed by atoms with E-state index in [0.717, 1.165) is 5.56 Å². The number of esters is 1. The van der Waals surface area contributed by atoms with Gasteiger partial charge in [-0.2, -0.15) is 0 Å². The maximum Gasteiger partial charge on any atom is 0.347 e. The Morgan fingerprint density at radius 1 is 1.10 bits per heavy atom. The summed E-state index contributed by atoms with van der Waals surface area (Å²) in [5.74, 6) is -0.0393. The van der Waals surface area contributed by atoms with Crippen LogP contribution in [0.3, 0.4) is 0 Å². The van der Waals surface area contributed by atoms with Crippen LogP contribution in [-0.4, -0.2) is 48.2 Å². The molecule has 30 heavy (non-hydrogen) atoms. The van der Waals surface area contributed by atoms with Crippen LogP contribution in [0.25, 0.3) is 0 Å². The van der Waals surface area contributed by atoms with Gasteiger partial charge in [-0.25, -0.2) is 4.79 Å². The quantitative estimate of drug-likeness (QED) is 0.305. The molecule has 1 aromatic heterocycles. The molecule has 0 saturated heterocycles. The number of Topliss-reactive ketones (excluding diaryl/α,β-unsaturated/α-hetero) is 2. The van der Waals surface area contributed by atoms with Crippen molar-refractivity contribution in [3.63, 3.8) is 0 Å². The fourth-order valence-electron chi connectivity index (χ4n) is 3.17. The number of ketones is 2. The van der Waals surface area contributed by atoms with Gasteiger partial charge in [0, 0.05) is 16.8 Å². The van der Waals surface area contributed by atoms with E-state index in [1.165, 1.54) is 6.92 Å². The van der Waals surface area contributed by atoms with Gasteiger partial charge in [0.15, 0.2) is 23.9 Å². The highest BCUT2D eigenvalue weighted by atomic mass is 16.7. The van der Waals surface area contributed by atoms with Crippen molar-refractivity contribution in [1.82, 2.24) is 4.98 Å². The first-order valence-corrected chi connectivity index (χ1v) is 9.23. The first-order valence-electron chi connectivity index (χ1n) is 9.23. The summed E-state index contributed by atoms with van der Waals surface area (Å²) in [5.41, 5.74) is 3.16. The van der Waals surface area contributed by atoms with Crippen molar-refractivity contribution in [2.24, 2.45) is 5.16 Å². The summed E-state index contributed by atoms with van der Waals surface area (Å²) in [6.45, 7) is 5.79. The highest BCUT2D eigenvalue weighted by Gasteiger charge is 2.21. The van der Waals surface area contributed by atoms with Gasteiger partial charge in [-0.1, -0.05) is 5.16 Å². The van der Waals surface area contributed by atoms with Gasteiger partial charge >= 0.3 is 5.97 Å². The molecule has 9 nitrogen and oxygen atoms in total. The molecule has 0 aliphatic carbocycles. The van der Waals surface area contributed by atoms with Gasteiger partial charge in [0.25, 0.3) is 0 Å². The average molecular weight is 414 g/mol. The molecule has 9 heteroatoms. The lowest BCUT2D eigenvalue weighted by Crippen LogP contribution is -2.18. The van der Waals surface area contributed by atoms with E-state index in [9.17, 15) is 14.4 Å². The maximum atomic E-state index is 12.3. The molecule has 0 radical (unpaired) electrons. The van der Waals surface area contributed by atoms with Gasteiger partial charge in [0.2, 0.25) is 19.2 Å². The molecule has 0 unspecified atom stereocenters. The Kier molecular flexibility index (Phi) is 6.20. The third-order valence-corrected chi connectivity index (χ3v) is 4.61. The molecule has 0 fully saturated rings. The zero-order valence-electron chi connectivity index (χ0n) is 17.2. The number of ether oxygens (including phenoxy) is 3. The minimum atomic E-state index is -0.738. The summed E-state index contributed by atoms with van der Waals surface area (Å²) >= 11 is 0. The summed E-state index contributed by atoms with van der Waals surface area (Å²) in [4.78, 5) is 43.7. The van der Waals surface area contributed by atoms with Crippen molar-refractivity contribution in [1.29, 1.82) is 0 Å². The van der Waals surface area contributed by atoms with Crippen LogP contribution in [0.15, 0.2) is 23.4 Å². The summed E-state index contributed by atoms with van der Waals surface area (Å²) in [6, 6.07) is 5.32.